The molecular formula is C14H8BrN5S. The van der Waals surface area contributed by atoms with E-state index in [0.717, 1.165) is 15.7 Å². The molecule has 0 amide bonds. The molecule has 0 saturated heterocycles. The van der Waals surface area contributed by atoms with E-state index in [1.54, 1.807) is 29.1 Å². The second-order valence-corrected chi connectivity index (χ2v) is 5.45. The van der Waals surface area contributed by atoms with Crippen LogP contribution in [0.25, 0.3) is 17.1 Å². The Kier molecular flexibility index (Phi) is 3.64. The first kappa shape index (κ1) is 13.7. The number of hydrogen-bond acceptors (Lipinski definition) is 4. The SMILES string of the molecule is N#Cc1ccc(-n2c(-c3cccnc3)n[nH]c2=S)c(Br)c1. The lowest BCUT2D eigenvalue weighted by atomic mass is 10.2. The summed E-state index contributed by atoms with van der Waals surface area (Å²) in [5, 5.41) is 16.0. The summed E-state index contributed by atoms with van der Waals surface area (Å²) in [5.74, 6) is 0.665. The average molecular weight is 358 g/mol. The van der Waals surface area contributed by atoms with Crippen LogP contribution in [0, 0.1) is 16.1 Å². The van der Waals surface area contributed by atoms with Crippen molar-refractivity contribution >= 4 is 28.1 Å². The van der Waals surface area contributed by atoms with Crippen molar-refractivity contribution in [3.8, 4) is 23.1 Å². The number of aromatic amines is 1. The number of halogens is 1. The highest BCUT2D eigenvalue weighted by molar-refractivity contribution is 9.10. The summed E-state index contributed by atoms with van der Waals surface area (Å²) in [4.78, 5) is 4.10. The molecule has 0 aliphatic rings. The summed E-state index contributed by atoms with van der Waals surface area (Å²) in [6, 6.07) is 11.2. The Morgan fingerprint density at radius 3 is 2.86 bits per heavy atom. The number of pyridine rings is 1. The fraction of sp³-hybridized carbons (Fsp3) is 0. The molecule has 0 atom stereocenters. The summed E-state index contributed by atoms with van der Waals surface area (Å²) in [7, 11) is 0. The zero-order valence-corrected chi connectivity index (χ0v) is 13.0. The molecule has 102 valence electrons. The summed E-state index contributed by atoms with van der Waals surface area (Å²) < 4.78 is 3.04. The Balaban J connectivity index is 2.23. The zero-order chi connectivity index (χ0) is 14.8. The number of aromatic nitrogens is 4. The third kappa shape index (κ3) is 2.51. The molecular weight excluding hydrogens is 350 g/mol. The fourth-order valence-corrected chi connectivity index (χ4v) is 2.75. The molecule has 3 aromatic rings. The van der Waals surface area contributed by atoms with Gasteiger partial charge in [-0.2, -0.15) is 10.4 Å². The summed E-state index contributed by atoms with van der Waals surface area (Å²) >= 11 is 8.79. The second kappa shape index (κ2) is 5.60. The summed E-state index contributed by atoms with van der Waals surface area (Å²) in [5.41, 5.74) is 2.23. The van der Waals surface area contributed by atoms with Crippen LogP contribution >= 0.6 is 28.1 Å². The van der Waals surface area contributed by atoms with Gasteiger partial charge in [-0.15, -0.1) is 0 Å². The zero-order valence-electron chi connectivity index (χ0n) is 10.6. The molecule has 2 heterocycles. The third-order valence-electron chi connectivity index (χ3n) is 2.91. The molecule has 0 unspecified atom stereocenters. The first-order valence-corrected chi connectivity index (χ1v) is 7.18. The highest BCUT2D eigenvalue weighted by atomic mass is 79.9. The van der Waals surface area contributed by atoms with Gasteiger partial charge >= 0.3 is 0 Å². The van der Waals surface area contributed by atoms with Gasteiger partial charge in [-0.05, 0) is 58.5 Å². The monoisotopic (exact) mass is 357 g/mol. The lowest BCUT2D eigenvalue weighted by molar-refractivity contribution is 1.03. The number of rotatable bonds is 2. The molecule has 5 nitrogen and oxygen atoms in total. The van der Waals surface area contributed by atoms with Gasteiger partial charge in [0, 0.05) is 22.4 Å². The number of benzene rings is 1. The standard InChI is InChI=1S/C14H8BrN5S/c15-11-6-9(7-16)3-4-12(11)20-13(18-19-14(20)21)10-2-1-5-17-8-10/h1-6,8H,(H,19,21). The number of nitriles is 1. The number of nitrogens with zero attached hydrogens (tertiary/aromatic N) is 4. The van der Waals surface area contributed by atoms with Crippen LogP contribution in [0.15, 0.2) is 47.2 Å². The van der Waals surface area contributed by atoms with Crippen LogP contribution in [0.4, 0.5) is 0 Å². The van der Waals surface area contributed by atoms with Crippen molar-refractivity contribution in [2.75, 3.05) is 0 Å². The van der Waals surface area contributed by atoms with Crippen LogP contribution in [0.3, 0.4) is 0 Å². The van der Waals surface area contributed by atoms with Crippen LogP contribution in [-0.4, -0.2) is 19.7 Å². The Morgan fingerprint density at radius 1 is 1.33 bits per heavy atom. The van der Waals surface area contributed by atoms with Crippen molar-refractivity contribution in [2.24, 2.45) is 0 Å². The molecule has 0 saturated carbocycles. The van der Waals surface area contributed by atoms with E-state index >= 15 is 0 Å². The van der Waals surface area contributed by atoms with E-state index in [-0.39, 0.29) is 0 Å². The topological polar surface area (TPSA) is 70.3 Å². The van der Waals surface area contributed by atoms with Crippen molar-refractivity contribution in [1.82, 2.24) is 19.7 Å². The molecule has 3 rings (SSSR count). The third-order valence-corrected chi connectivity index (χ3v) is 3.82. The first-order chi connectivity index (χ1) is 10.2. The largest absolute Gasteiger partial charge is 0.267 e. The van der Waals surface area contributed by atoms with Gasteiger partial charge in [0.2, 0.25) is 0 Å². The maximum Gasteiger partial charge on any atom is 0.200 e. The Morgan fingerprint density at radius 2 is 2.19 bits per heavy atom. The Labute approximate surface area is 134 Å². The summed E-state index contributed by atoms with van der Waals surface area (Å²) in [6.07, 6.45) is 3.42. The van der Waals surface area contributed by atoms with Crippen LogP contribution < -0.4 is 0 Å². The van der Waals surface area contributed by atoms with E-state index in [1.807, 2.05) is 18.2 Å². The van der Waals surface area contributed by atoms with Crippen LogP contribution in [0.2, 0.25) is 0 Å². The highest BCUT2D eigenvalue weighted by Crippen LogP contribution is 2.27. The second-order valence-electron chi connectivity index (χ2n) is 4.21. The number of hydrogen-bond donors (Lipinski definition) is 1. The smallest absolute Gasteiger partial charge is 0.200 e. The van der Waals surface area contributed by atoms with E-state index in [2.05, 4.69) is 37.2 Å². The van der Waals surface area contributed by atoms with Gasteiger partial charge in [0.15, 0.2) is 10.6 Å². The number of nitrogens with one attached hydrogen (secondary N) is 1. The minimum Gasteiger partial charge on any atom is -0.267 e. The van der Waals surface area contributed by atoms with Crippen molar-refractivity contribution in [1.29, 1.82) is 5.26 Å². The van der Waals surface area contributed by atoms with Crippen molar-refractivity contribution < 1.29 is 0 Å². The van der Waals surface area contributed by atoms with Gasteiger partial charge in [0.25, 0.3) is 0 Å². The minimum absolute atomic E-state index is 0.472. The molecule has 7 heteroatoms. The molecule has 0 fully saturated rings. The van der Waals surface area contributed by atoms with Gasteiger partial charge in [-0.3, -0.25) is 14.6 Å². The van der Waals surface area contributed by atoms with Gasteiger partial charge in [-0.25, -0.2) is 0 Å². The Bertz CT molecular complexity index is 892. The fourth-order valence-electron chi connectivity index (χ4n) is 1.97. The molecule has 0 aliphatic carbocycles. The lowest BCUT2D eigenvalue weighted by Gasteiger charge is -2.09. The Hall–Kier alpha value is -2.30. The highest BCUT2D eigenvalue weighted by Gasteiger charge is 2.13. The van der Waals surface area contributed by atoms with E-state index in [0.29, 0.717) is 16.2 Å². The van der Waals surface area contributed by atoms with Crippen molar-refractivity contribution in [3.63, 3.8) is 0 Å². The molecule has 21 heavy (non-hydrogen) atoms. The van der Waals surface area contributed by atoms with Crippen LogP contribution in [0.1, 0.15) is 5.56 Å². The molecule has 2 aromatic heterocycles. The predicted molar refractivity (Wildman–Crippen MR) is 84.4 cm³/mol. The van der Waals surface area contributed by atoms with E-state index in [9.17, 15) is 0 Å². The molecule has 0 aliphatic heterocycles. The van der Waals surface area contributed by atoms with Gasteiger partial charge in [-0.1, -0.05) is 0 Å². The maximum atomic E-state index is 8.95. The van der Waals surface area contributed by atoms with Gasteiger partial charge < -0.3 is 0 Å². The molecule has 0 spiro atoms. The van der Waals surface area contributed by atoms with Crippen molar-refractivity contribution in [3.05, 3.63) is 57.5 Å². The van der Waals surface area contributed by atoms with Crippen LogP contribution in [-0.2, 0) is 0 Å². The molecule has 1 N–H and O–H groups in total. The quantitative estimate of drug-likeness (QED) is 0.711. The average Bonchev–Trinajstić information content (AvgIpc) is 2.89. The predicted octanol–water partition coefficient (Wildman–Crippen LogP) is 3.63. The van der Waals surface area contributed by atoms with Gasteiger partial charge in [0.05, 0.1) is 17.3 Å². The molecule has 0 radical (unpaired) electrons. The van der Waals surface area contributed by atoms with Crippen molar-refractivity contribution in [2.45, 2.75) is 0 Å². The maximum absolute atomic E-state index is 8.95. The minimum atomic E-state index is 0.472. The summed E-state index contributed by atoms with van der Waals surface area (Å²) in [6.45, 7) is 0. The molecule has 0 bridgehead atoms. The van der Waals surface area contributed by atoms with E-state index in [4.69, 9.17) is 17.5 Å². The van der Waals surface area contributed by atoms with E-state index < -0.39 is 0 Å². The van der Waals surface area contributed by atoms with Gasteiger partial charge in [0.1, 0.15) is 0 Å². The first-order valence-electron chi connectivity index (χ1n) is 5.98. The van der Waals surface area contributed by atoms with E-state index in [1.165, 1.54) is 0 Å². The molecule has 1 aromatic carbocycles. The normalized spacial score (nSPS) is 10.3. The number of H-pyrrole nitrogens is 1. The van der Waals surface area contributed by atoms with Crippen LogP contribution in [0.5, 0.6) is 0 Å². The lowest BCUT2D eigenvalue weighted by Crippen LogP contribution is -1.99.